The standard InChI is InChI=1S/C11H18N4.C2H6/c1-2-10-8-13-6-4-12-5-7-14-9-11(3-1)15-10;1-2/h1-3,12-14H,4-9H2;1-2H3. The Morgan fingerprint density at radius 3 is 1.82 bits per heavy atom. The van der Waals surface area contributed by atoms with Gasteiger partial charge in [-0.05, 0) is 12.1 Å². The smallest absolute Gasteiger partial charge is 0.0545 e. The van der Waals surface area contributed by atoms with Crippen molar-refractivity contribution in [3.8, 4) is 0 Å². The molecule has 0 atom stereocenters. The molecule has 4 nitrogen and oxygen atoms in total. The number of hydrogen-bond acceptors (Lipinski definition) is 4. The van der Waals surface area contributed by atoms with Gasteiger partial charge < -0.3 is 16.0 Å². The third-order valence-corrected chi connectivity index (χ3v) is 2.43. The van der Waals surface area contributed by atoms with Gasteiger partial charge in [0.05, 0.1) is 11.4 Å². The van der Waals surface area contributed by atoms with Crippen LogP contribution < -0.4 is 16.0 Å². The Kier molecular flexibility index (Phi) is 7.54. The maximum atomic E-state index is 4.56. The van der Waals surface area contributed by atoms with Crippen molar-refractivity contribution in [2.75, 3.05) is 26.2 Å². The number of aromatic nitrogens is 1. The highest BCUT2D eigenvalue weighted by molar-refractivity contribution is 5.11. The lowest BCUT2D eigenvalue weighted by Crippen LogP contribution is -2.33. The van der Waals surface area contributed by atoms with Crippen molar-refractivity contribution in [1.82, 2.24) is 20.9 Å². The van der Waals surface area contributed by atoms with E-state index in [9.17, 15) is 0 Å². The van der Waals surface area contributed by atoms with Crippen LogP contribution in [0.4, 0.5) is 0 Å². The van der Waals surface area contributed by atoms with E-state index in [0.717, 1.165) is 50.7 Å². The number of fused-ring (bicyclic) bond motifs is 2. The third kappa shape index (κ3) is 5.77. The highest BCUT2D eigenvalue weighted by Crippen LogP contribution is 1.99. The summed E-state index contributed by atoms with van der Waals surface area (Å²) in [5.74, 6) is 0. The molecule has 1 aromatic rings. The largest absolute Gasteiger partial charge is 0.314 e. The predicted octanol–water partition coefficient (Wildman–Crippen LogP) is 0.890. The lowest BCUT2D eigenvalue weighted by Gasteiger charge is -2.11. The van der Waals surface area contributed by atoms with Crippen LogP contribution in [0.15, 0.2) is 18.2 Å². The highest BCUT2D eigenvalue weighted by atomic mass is 15.0. The highest BCUT2D eigenvalue weighted by Gasteiger charge is 1.99. The van der Waals surface area contributed by atoms with Crippen LogP contribution in [0.3, 0.4) is 0 Å². The van der Waals surface area contributed by atoms with Gasteiger partial charge in [0.2, 0.25) is 0 Å². The monoisotopic (exact) mass is 236 g/mol. The van der Waals surface area contributed by atoms with Gasteiger partial charge in [-0.15, -0.1) is 0 Å². The Morgan fingerprint density at radius 1 is 0.824 bits per heavy atom. The molecule has 17 heavy (non-hydrogen) atoms. The van der Waals surface area contributed by atoms with E-state index in [0.29, 0.717) is 0 Å². The van der Waals surface area contributed by atoms with Gasteiger partial charge in [-0.3, -0.25) is 4.98 Å². The van der Waals surface area contributed by atoms with Crippen LogP contribution in [0.5, 0.6) is 0 Å². The molecule has 4 heteroatoms. The molecule has 0 unspecified atom stereocenters. The molecule has 2 rings (SSSR count). The second-order valence-corrected chi connectivity index (χ2v) is 3.72. The second-order valence-electron chi connectivity index (χ2n) is 3.72. The first-order valence-electron chi connectivity index (χ1n) is 6.52. The molecule has 0 amide bonds. The molecule has 2 heterocycles. The average Bonchev–Trinajstić information content (AvgIpc) is 2.38. The van der Waals surface area contributed by atoms with Crippen LogP contribution in [0.25, 0.3) is 0 Å². The summed E-state index contributed by atoms with van der Waals surface area (Å²) in [6, 6.07) is 6.20. The van der Waals surface area contributed by atoms with Crippen LogP contribution >= 0.6 is 0 Å². The summed E-state index contributed by atoms with van der Waals surface area (Å²) in [7, 11) is 0. The zero-order valence-corrected chi connectivity index (χ0v) is 10.9. The summed E-state index contributed by atoms with van der Waals surface area (Å²) in [4.78, 5) is 4.56. The minimum atomic E-state index is 0.857. The summed E-state index contributed by atoms with van der Waals surface area (Å²) in [6.45, 7) is 9.73. The molecule has 1 aliphatic rings. The summed E-state index contributed by atoms with van der Waals surface area (Å²) in [5, 5.41) is 10.1. The van der Waals surface area contributed by atoms with E-state index in [4.69, 9.17) is 0 Å². The van der Waals surface area contributed by atoms with Gasteiger partial charge in [0, 0.05) is 39.3 Å². The quantitative estimate of drug-likeness (QED) is 0.626. The normalized spacial score (nSPS) is 17.1. The fraction of sp³-hybridized carbons (Fsp3) is 0.615. The first kappa shape index (κ1) is 14.1. The van der Waals surface area contributed by atoms with Crippen LogP contribution in [-0.4, -0.2) is 31.2 Å². The fourth-order valence-corrected chi connectivity index (χ4v) is 1.64. The molecule has 96 valence electrons. The van der Waals surface area contributed by atoms with Gasteiger partial charge >= 0.3 is 0 Å². The van der Waals surface area contributed by atoms with Crippen molar-refractivity contribution in [3.05, 3.63) is 29.6 Å². The first-order chi connectivity index (χ1) is 8.45. The van der Waals surface area contributed by atoms with Crippen molar-refractivity contribution in [1.29, 1.82) is 0 Å². The maximum Gasteiger partial charge on any atom is 0.0545 e. The molecular weight excluding hydrogens is 212 g/mol. The van der Waals surface area contributed by atoms with Crippen LogP contribution in [0, 0.1) is 0 Å². The van der Waals surface area contributed by atoms with Gasteiger partial charge in [0.25, 0.3) is 0 Å². The number of pyridine rings is 1. The summed E-state index contributed by atoms with van der Waals surface area (Å²) in [6.07, 6.45) is 0. The van der Waals surface area contributed by atoms with E-state index < -0.39 is 0 Å². The van der Waals surface area contributed by atoms with Crippen molar-refractivity contribution < 1.29 is 0 Å². The van der Waals surface area contributed by atoms with Gasteiger partial charge in [-0.2, -0.15) is 0 Å². The van der Waals surface area contributed by atoms with Crippen molar-refractivity contribution >= 4 is 0 Å². The lowest BCUT2D eigenvalue weighted by molar-refractivity contribution is 0.565. The molecule has 1 aromatic heterocycles. The van der Waals surface area contributed by atoms with Gasteiger partial charge in [0.15, 0.2) is 0 Å². The minimum absolute atomic E-state index is 0.857. The fourth-order valence-electron chi connectivity index (χ4n) is 1.64. The van der Waals surface area contributed by atoms with Gasteiger partial charge in [0.1, 0.15) is 0 Å². The SMILES string of the molecule is CC.c1cc2nc(c1)CNCCNCCNC2. The molecule has 3 N–H and O–H groups in total. The molecule has 0 saturated carbocycles. The van der Waals surface area contributed by atoms with E-state index in [-0.39, 0.29) is 0 Å². The molecule has 1 aliphatic heterocycles. The van der Waals surface area contributed by atoms with Crippen molar-refractivity contribution in [2.24, 2.45) is 0 Å². The predicted molar refractivity (Wildman–Crippen MR) is 71.9 cm³/mol. The number of nitrogens with one attached hydrogen (secondary N) is 3. The molecule has 0 radical (unpaired) electrons. The molecule has 0 fully saturated rings. The Hall–Kier alpha value is -0.970. The Bertz CT molecular complexity index is 276. The second kappa shape index (κ2) is 9.10. The van der Waals surface area contributed by atoms with E-state index in [1.165, 1.54) is 0 Å². The van der Waals surface area contributed by atoms with Gasteiger partial charge in [-0.1, -0.05) is 19.9 Å². The van der Waals surface area contributed by atoms with Crippen LogP contribution in [0.2, 0.25) is 0 Å². The van der Waals surface area contributed by atoms with Crippen LogP contribution in [0.1, 0.15) is 25.2 Å². The Balaban J connectivity index is 0.000000686. The average molecular weight is 236 g/mol. The molecule has 0 spiro atoms. The lowest BCUT2D eigenvalue weighted by atomic mass is 10.3. The molecular formula is C13H24N4. The van der Waals surface area contributed by atoms with Gasteiger partial charge in [-0.25, -0.2) is 0 Å². The maximum absolute atomic E-state index is 4.56. The van der Waals surface area contributed by atoms with Crippen molar-refractivity contribution in [2.45, 2.75) is 26.9 Å². The Labute approximate surface area is 104 Å². The molecule has 0 aromatic carbocycles. The molecule has 2 bridgehead atoms. The third-order valence-electron chi connectivity index (χ3n) is 2.43. The van der Waals surface area contributed by atoms with E-state index >= 15 is 0 Å². The number of hydrogen-bond donors (Lipinski definition) is 3. The zero-order valence-electron chi connectivity index (χ0n) is 10.9. The summed E-state index contributed by atoms with van der Waals surface area (Å²) in [5.41, 5.74) is 2.24. The van der Waals surface area contributed by atoms with Crippen molar-refractivity contribution in [3.63, 3.8) is 0 Å². The molecule has 0 aliphatic carbocycles. The first-order valence-corrected chi connectivity index (χ1v) is 6.52. The number of nitrogens with zero attached hydrogens (tertiary/aromatic N) is 1. The number of rotatable bonds is 0. The summed E-state index contributed by atoms with van der Waals surface area (Å²) < 4.78 is 0. The van der Waals surface area contributed by atoms with Crippen LogP contribution in [-0.2, 0) is 13.1 Å². The Morgan fingerprint density at radius 2 is 1.29 bits per heavy atom. The summed E-state index contributed by atoms with van der Waals surface area (Å²) >= 11 is 0. The molecule has 0 saturated heterocycles. The topological polar surface area (TPSA) is 49.0 Å². The van der Waals surface area contributed by atoms with E-state index in [2.05, 4.69) is 39.1 Å². The van der Waals surface area contributed by atoms with E-state index in [1.54, 1.807) is 0 Å². The minimum Gasteiger partial charge on any atom is -0.314 e. The zero-order chi connectivity index (χ0) is 12.3. The van der Waals surface area contributed by atoms with E-state index in [1.807, 2.05) is 13.8 Å².